The molecule has 1 aliphatic rings. The van der Waals surface area contributed by atoms with E-state index in [1.807, 2.05) is 12.1 Å². The first-order chi connectivity index (χ1) is 13.5. The Hall–Kier alpha value is -2.28. The van der Waals surface area contributed by atoms with E-state index in [1.165, 1.54) is 29.7 Å². The summed E-state index contributed by atoms with van der Waals surface area (Å²) in [5.74, 6) is 0.449. The van der Waals surface area contributed by atoms with E-state index in [9.17, 15) is 8.42 Å². The molecule has 2 heterocycles. The van der Waals surface area contributed by atoms with Crippen molar-refractivity contribution in [2.45, 2.75) is 22.9 Å². The molecular weight excluding hydrogens is 414 g/mol. The first kappa shape index (κ1) is 19.1. The van der Waals surface area contributed by atoms with Crippen LogP contribution in [0.2, 0.25) is 5.02 Å². The quantitative estimate of drug-likeness (QED) is 0.555. The highest BCUT2D eigenvalue weighted by molar-refractivity contribution is 7.91. The van der Waals surface area contributed by atoms with Crippen molar-refractivity contribution in [3.05, 3.63) is 81.1 Å². The maximum Gasteiger partial charge on any atom is 0.208 e. The maximum atomic E-state index is 13.0. The van der Waals surface area contributed by atoms with Crippen LogP contribution >= 0.6 is 22.9 Å². The summed E-state index contributed by atoms with van der Waals surface area (Å²) in [6, 6.07) is 13.7. The predicted molar refractivity (Wildman–Crippen MR) is 112 cm³/mol. The van der Waals surface area contributed by atoms with Gasteiger partial charge >= 0.3 is 0 Å². The molecule has 3 aromatic rings. The second-order valence-corrected chi connectivity index (χ2v) is 9.79. The minimum absolute atomic E-state index is 0.0467. The summed E-state index contributed by atoms with van der Waals surface area (Å²) < 4.78 is 31.1. The number of thiophene rings is 1. The molecule has 144 valence electrons. The van der Waals surface area contributed by atoms with Crippen molar-refractivity contribution < 1.29 is 13.2 Å². The standard InChI is InChI=1S/C21H18ClNO3S2/c1-26-17-4-7-19(22)21(12-17)28(24,25)18-5-2-15(3-6-18)13-23-10-8-16-9-11-27-20(16)14-23/h2-12H,13-14H2,1H3. The van der Waals surface area contributed by atoms with Gasteiger partial charge in [0.25, 0.3) is 0 Å². The monoisotopic (exact) mass is 431 g/mol. The highest BCUT2D eigenvalue weighted by atomic mass is 35.5. The molecule has 28 heavy (non-hydrogen) atoms. The van der Waals surface area contributed by atoms with Gasteiger partial charge in [0.2, 0.25) is 9.84 Å². The Morgan fingerprint density at radius 2 is 1.93 bits per heavy atom. The van der Waals surface area contributed by atoms with Crippen molar-refractivity contribution in [2.75, 3.05) is 7.11 Å². The SMILES string of the molecule is COc1ccc(Cl)c(S(=O)(=O)c2ccc(CN3C=Cc4ccsc4C3)cc2)c1. The molecule has 2 aromatic carbocycles. The van der Waals surface area contributed by atoms with E-state index >= 15 is 0 Å². The molecule has 0 fully saturated rings. The molecule has 0 aliphatic carbocycles. The summed E-state index contributed by atoms with van der Waals surface area (Å²) in [5.41, 5.74) is 2.32. The van der Waals surface area contributed by atoms with Gasteiger partial charge in [0.1, 0.15) is 5.75 Å². The van der Waals surface area contributed by atoms with E-state index in [0.717, 1.165) is 12.1 Å². The highest BCUT2D eigenvalue weighted by Gasteiger charge is 2.22. The third-order valence-corrected chi connectivity index (χ3v) is 7.81. The molecule has 0 atom stereocenters. The smallest absolute Gasteiger partial charge is 0.208 e. The Labute approximate surface area is 173 Å². The van der Waals surface area contributed by atoms with Gasteiger partial charge in [-0.2, -0.15) is 0 Å². The van der Waals surface area contributed by atoms with E-state index in [2.05, 4.69) is 28.6 Å². The van der Waals surface area contributed by atoms with Gasteiger partial charge in [-0.1, -0.05) is 23.7 Å². The van der Waals surface area contributed by atoms with Crippen molar-refractivity contribution in [3.63, 3.8) is 0 Å². The first-order valence-electron chi connectivity index (χ1n) is 8.63. The van der Waals surface area contributed by atoms with Crippen LogP contribution in [-0.4, -0.2) is 20.4 Å². The number of fused-ring (bicyclic) bond motifs is 1. The van der Waals surface area contributed by atoms with Crippen LogP contribution in [0.3, 0.4) is 0 Å². The van der Waals surface area contributed by atoms with Gasteiger partial charge in [-0.3, -0.25) is 0 Å². The minimum Gasteiger partial charge on any atom is -0.497 e. The molecule has 0 saturated carbocycles. The van der Waals surface area contributed by atoms with E-state index in [-0.39, 0.29) is 14.8 Å². The Kier molecular flexibility index (Phi) is 5.19. The van der Waals surface area contributed by atoms with Crippen LogP contribution in [-0.2, 0) is 22.9 Å². The minimum atomic E-state index is -3.72. The molecule has 7 heteroatoms. The second kappa shape index (κ2) is 7.62. The largest absolute Gasteiger partial charge is 0.497 e. The lowest BCUT2D eigenvalue weighted by molar-refractivity contribution is 0.363. The number of sulfone groups is 1. The Balaban J connectivity index is 1.55. The summed E-state index contributed by atoms with van der Waals surface area (Å²) in [6.07, 6.45) is 4.19. The molecular formula is C21H18ClNO3S2. The van der Waals surface area contributed by atoms with Crippen molar-refractivity contribution in [1.82, 2.24) is 4.90 Å². The number of nitrogens with zero attached hydrogens (tertiary/aromatic N) is 1. The van der Waals surface area contributed by atoms with Crippen LogP contribution in [0.15, 0.2) is 69.9 Å². The molecule has 0 N–H and O–H groups in total. The molecule has 0 radical (unpaired) electrons. The van der Waals surface area contributed by atoms with Crippen LogP contribution in [0.1, 0.15) is 16.0 Å². The van der Waals surface area contributed by atoms with Crippen LogP contribution in [0, 0.1) is 0 Å². The van der Waals surface area contributed by atoms with Gasteiger partial charge in [0.15, 0.2) is 0 Å². The number of halogens is 1. The number of ether oxygens (including phenoxy) is 1. The molecule has 4 rings (SSSR count). The van der Waals surface area contributed by atoms with Crippen molar-refractivity contribution in [3.8, 4) is 5.75 Å². The lowest BCUT2D eigenvalue weighted by atomic mass is 10.1. The third kappa shape index (κ3) is 3.68. The fourth-order valence-electron chi connectivity index (χ4n) is 3.11. The summed E-state index contributed by atoms with van der Waals surface area (Å²) >= 11 is 7.88. The predicted octanol–water partition coefficient (Wildman–Crippen LogP) is 5.23. The zero-order chi connectivity index (χ0) is 19.7. The summed E-state index contributed by atoms with van der Waals surface area (Å²) in [5, 5.41) is 2.28. The lowest BCUT2D eigenvalue weighted by Crippen LogP contribution is -2.18. The van der Waals surface area contributed by atoms with Gasteiger partial charge in [-0.15, -0.1) is 11.3 Å². The van der Waals surface area contributed by atoms with E-state index in [1.54, 1.807) is 29.5 Å². The number of hydrogen-bond donors (Lipinski definition) is 0. The van der Waals surface area contributed by atoms with E-state index < -0.39 is 9.84 Å². The second-order valence-electron chi connectivity index (χ2n) is 6.46. The topological polar surface area (TPSA) is 46.6 Å². The molecule has 4 nitrogen and oxygen atoms in total. The Morgan fingerprint density at radius 1 is 1.14 bits per heavy atom. The third-order valence-electron chi connectivity index (χ3n) is 4.64. The van der Waals surface area contributed by atoms with Gasteiger partial charge in [-0.25, -0.2) is 8.42 Å². The lowest BCUT2D eigenvalue weighted by Gasteiger charge is -2.23. The van der Waals surface area contributed by atoms with Gasteiger partial charge in [0.05, 0.1) is 28.5 Å². The molecule has 0 unspecified atom stereocenters. The molecule has 0 saturated heterocycles. The van der Waals surface area contributed by atoms with Crippen LogP contribution in [0.5, 0.6) is 5.75 Å². The summed E-state index contributed by atoms with van der Waals surface area (Å²) in [7, 11) is -2.23. The maximum absolute atomic E-state index is 13.0. The van der Waals surface area contributed by atoms with Crippen LogP contribution in [0.4, 0.5) is 0 Å². The van der Waals surface area contributed by atoms with Gasteiger partial charge in [0, 0.05) is 23.7 Å². The Morgan fingerprint density at radius 3 is 2.68 bits per heavy atom. The average Bonchev–Trinajstić information content (AvgIpc) is 3.16. The fraction of sp³-hybridized carbons (Fsp3) is 0.143. The Bertz CT molecular complexity index is 1130. The zero-order valence-corrected chi connectivity index (χ0v) is 17.5. The summed E-state index contributed by atoms with van der Waals surface area (Å²) in [6.45, 7) is 1.58. The number of methoxy groups -OCH3 is 1. The first-order valence-corrected chi connectivity index (χ1v) is 11.4. The van der Waals surface area contributed by atoms with E-state index in [4.69, 9.17) is 16.3 Å². The van der Waals surface area contributed by atoms with Crippen molar-refractivity contribution in [1.29, 1.82) is 0 Å². The van der Waals surface area contributed by atoms with E-state index in [0.29, 0.717) is 12.3 Å². The van der Waals surface area contributed by atoms with Gasteiger partial charge in [-0.05, 0) is 52.9 Å². The summed E-state index contributed by atoms with van der Waals surface area (Å²) in [4.78, 5) is 3.81. The molecule has 0 spiro atoms. The zero-order valence-electron chi connectivity index (χ0n) is 15.1. The molecule has 0 bridgehead atoms. The molecule has 1 aromatic heterocycles. The van der Waals surface area contributed by atoms with Crippen LogP contribution < -0.4 is 4.74 Å². The van der Waals surface area contributed by atoms with Crippen molar-refractivity contribution >= 4 is 38.9 Å². The normalized spacial score (nSPS) is 13.4. The molecule has 1 aliphatic heterocycles. The molecule has 0 amide bonds. The average molecular weight is 432 g/mol. The number of benzene rings is 2. The number of rotatable bonds is 5. The highest BCUT2D eigenvalue weighted by Crippen LogP contribution is 2.31. The van der Waals surface area contributed by atoms with Gasteiger partial charge < -0.3 is 9.64 Å². The fourth-order valence-corrected chi connectivity index (χ4v) is 5.77. The van der Waals surface area contributed by atoms with Crippen molar-refractivity contribution in [2.24, 2.45) is 0 Å². The number of hydrogen-bond acceptors (Lipinski definition) is 5. The van der Waals surface area contributed by atoms with Crippen LogP contribution in [0.25, 0.3) is 6.08 Å².